The lowest BCUT2D eigenvalue weighted by Crippen LogP contribution is -2.30. The summed E-state index contributed by atoms with van der Waals surface area (Å²) in [6.45, 7) is 2.14. The van der Waals surface area contributed by atoms with Gasteiger partial charge in [0.1, 0.15) is 5.82 Å². The van der Waals surface area contributed by atoms with Gasteiger partial charge in [0, 0.05) is 18.0 Å². The quantitative estimate of drug-likeness (QED) is 0.928. The summed E-state index contributed by atoms with van der Waals surface area (Å²) in [5.41, 5.74) is 0.421. The minimum atomic E-state index is -1.06. The molecule has 1 N–H and O–H groups in total. The third-order valence-electron chi connectivity index (χ3n) is 3.32. The largest absolute Gasteiger partial charge is 0.481 e. The van der Waals surface area contributed by atoms with E-state index in [1.165, 1.54) is 17.0 Å². The summed E-state index contributed by atoms with van der Waals surface area (Å²) in [5, 5.41) is 9.40. The van der Waals surface area contributed by atoms with Crippen molar-refractivity contribution in [1.82, 2.24) is 4.90 Å². The predicted octanol–water partition coefficient (Wildman–Crippen LogP) is 2.47. The van der Waals surface area contributed by atoms with Crippen molar-refractivity contribution < 1.29 is 19.1 Å². The van der Waals surface area contributed by atoms with Crippen molar-refractivity contribution in [3.8, 4) is 0 Å². The fraction of sp³-hybridized carbons (Fsp3) is 0.385. The van der Waals surface area contributed by atoms with E-state index in [1.54, 1.807) is 6.92 Å². The van der Waals surface area contributed by atoms with E-state index in [1.807, 2.05) is 0 Å². The number of hydrogen-bond acceptors (Lipinski definition) is 2. The first kappa shape index (κ1) is 13.8. The molecule has 1 aromatic rings. The third-order valence-corrected chi connectivity index (χ3v) is 3.53. The molecule has 0 saturated carbocycles. The van der Waals surface area contributed by atoms with Crippen LogP contribution in [-0.2, 0) is 9.59 Å². The Hall–Kier alpha value is -1.62. The SMILES string of the molecule is CCN1C(=O)CC(C(=O)O)C1c1cc(F)cc(Cl)c1. The van der Waals surface area contributed by atoms with E-state index in [2.05, 4.69) is 0 Å². The van der Waals surface area contributed by atoms with E-state index in [9.17, 15) is 19.1 Å². The lowest BCUT2D eigenvalue weighted by atomic mass is 9.93. The van der Waals surface area contributed by atoms with Crippen LogP contribution in [0.1, 0.15) is 24.9 Å². The molecule has 0 radical (unpaired) electrons. The zero-order chi connectivity index (χ0) is 14.2. The molecule has 2 unspecified atom stereocenters. The molecule has 1 aliphatic heterocycles. The first-order valence-corrected chi connectivity index (χ1v) is 6.30. The number of halogens is 2. The van der Waals surface area contributed by atoms with Crippen LogP contribution < -0.4 is 0 Å². The molecule has 102 valence electrons. The molecule has 2 rings (SSSR count). The van der Waals surface area contributed by atoms with Gasteiger partial charge in [-0.2, -0.15) is 0 Å². The van der Waals surface area contributed by atoms with Crippen molar-refractivity contribution in [3.63, 3.8) is 0 Å². The van der Waals surface area contributed by atoms with Gasteiger partial charge in [-0.1, -0.05) is 11.6 Å². The van der Waals surface area contributed by atoms with Gasteiger partial charge in [0.2, 0.25) is 5.91 Å². The van der Waals surface area contributed by atoms with Gasteiger partial charge in [-0.15, -0.1) is 0 Å². The number of benzene rings is 1. The Bertz CT molecular complexity index is 514. The summed E-state index contributed by atoms with van der Waals surface area (Å²) in [6, 6.07) is 3.22. The lowest BCUT2D eigenvalue weighted by Gasteiger charge is -2.26. The standard InChI is InChI=1S/C13H13ClFNO3/c1-2-16-11(17)6-10(13(18)19)12(16)7-3-8(14)5-9(15)4-7/h3-5,10,12H,2,6H2,1H3,(H,18,19). The second-order valence-electron chi connectivity index (χ2n) is 4.48. The molecule has 1 aromatic carbocycles. The highest BCUT2D eigenvalue weighted by Crippen LogP contribution is 2.39. The van der Waals surface area contributed by atoms with Gasteiger partial charge >= 0.3 is 5.97 Å². The highest BCUT2D eigenvalue weighted by atomic mass is 35.5. The molecule has 0 bridgehead atoms. The molecule has 6 heteroatoms. The highest BCUT2D eigenvalue weighted by molar-refractivity contribution is 6.30. The topological polar surface area (TPSA) is 57.6 Å². The van der Waals surface area contributed by atoms with Gasteiger partial charge < -0.3 is 10.0 Å². The molecule has 1 heterocycles. The fourth-order valence-electron chi connectivity index (χ4n) is 2.54. The van der Waals surface area contributed by atoms with E-state index < -0.39 is 23.7 Å². The van der Waals surface area contributed by atoms with Crippen molar-refractivity contribution in [2.24, 2.45) is 5.92 Å². The number of likely N-dealkylation sites (tertiary alicyclic amines) is 1. The van der Waals surface area contributed by atoms with Crippen LogP contribution in [0.2, 0.25) is 5.02 Å². The van der Waals surface area contributed by atoms with Gasteiger partial charge in [0.15, 0.2) is 0 Å². The molecule has 0 aliphatic carbocycles. The molecule has 0 spiro atoms. The van der Waals surface area contributed by atoms with Crippen LogP contribution in [0, 0.1) is 11.7 Å². The number of carboxylic acids is 1. The molecule has 0 aromatic heterocycles. The zero-order valence-electron chi connectivity index (χ0n) is 10.3. The van der Waals surface area contributed by atoms with Crippen LogP contribution in [0.25, 0.3) is 0 Å². The van der Waals surface area contributed by atoms with E-state index in [0.29, 0.717) is 12.1 Å². The summed E-state index contributed by atoms with van der Waals surface area (Å²) in [6.07, 6.45) is -0.0675. The zero-order valence-corrected chi connectivity index (χ0v) is 11.0. The normalized spacial score (nSPS) is 22.9. The summed E-state index contributed by atoms with van der Waals surface area (Å²) in [5.74, 6) is -2.71. The first-order chi connectivity index (χ1) is 8.93. The summed E-state index contributed by atoms with van der Waals surface area (Å²) >= 11 is 5.79. The second-order valence-corrected chi connectivity index (χ2v) is 4.91. The van der Waals surface area contributed by atoms with Crippen LogP contribution in [0.3, 0.4) is 0 Å². The molecule has 1 amide bonds. The maximum absolute atomic E-state index is 13.4. The van der Waals surface area contributed by atoms with Crippen LogP contribution in [0.15, 0.2) is 18.2 Å². The fourth-order valence-corrected chi connectivity index (χ4v) is 2.77. The van der Waals surface area contributed by atoms with Crippen molar-refractivity contribution in [2.75, 3.05) is 6.54 Å². The number of amides is 1. The maximum atomic E-state index is 13.4. The summed E-state index contributed by atoms with van der Waals surface area (Å²) in [7, 11) is 0. The van der Waals surface area contributed by atoms with E-state index in [4.69, 9.17) is 11.6 Å². The van der Waals surface area contributed by atoms with Crippen LogP contribution in [0.4, 0.5) is 4.39 Å². The van der Waals surface area contributed by atoms with Crippen LogP contribution >= 0.6 is 11.6 Å². The first-order valence-electron chi connectivity index (χ1n) is 5.92. The minimum Gasteiger partial charge on any atom is -0.481 e. The Labute approximate surface area is 114 Å². The van der Waals surface area contributed by atoms with E-state index in [-0.39, 0.29) is 17.4 Å². The van der Waals surface area contributed by atoms with Crippen molar-refractivity contribution >= 4 is 23.5 Å². The van der Waals surface area contributed by atoms with Gasteiger partial charge in [-0.3, -0.25) is 9.59 Å². The Morgan fingerprint density at radius 2 is 2.21 bits per heavy atom. The molecule has 4 nitrogen and oxygen atoms in total. The highest BCUT2D eigenvalue weighted by Gasteiger charge is 2.44. The third kappa shape index (κ3) is 2.56. The van der Waals surface area contributed by atoms with Crippen molar-refractivity contribution in [1.29, 1.82) is 0 Å². The van der Waals surface area contributed by atoms with Crippen LogP contribution in [0.5, 0.6) is 0 Å². The van der Waals surface area contributed by atoms with Gasteiger partial charge in [0.25, 0.3) is 0 Å². The number of carbonyl (C=O) groups is 2. The molecule has 1 fully saturated rings. The number of hydrogen-bond donors (Lipinski definition) is 1. The molecule has 19 heavy (non-hydrogen) atoms. The van der Waals surface area contributed by atoms with E-state index in [0.717, 1.165) is 6.07 Å². The molecule has 2 atom stereocenters. The number of rotatable bonds is 3. The Morgan fingerprint density at radius 3 is 2.74 bits per heavy atom. The predicted molar refractivity (Wildman–Crippen MR) is 67.3 cm³/mol. The monoisotopic (exact) mass is 285 g/mol. The smallest absolute Gasteiger partial charge is 0.309 e. The Balaban J connectivity index is 2.47. The number of carbonyl (C=O) groups excluding carboxylic acids is 1. The average Bonchev–Trinajstić information content (AvgIpc) is 2.64. The van der Waals surface area contributed by atoms with Crippen LogP contribution in [-0.4, -0.2) is 28.4 Å². The second kappa shape index (κ2) is 5.17. The Morgan fingerprint density at radius 1 is 1.53 bits per heavy atom. The van der Waals surface area contributed by atoms with Gasteiger partial charge in [-0.05, 0) is 30.7 Å². The number of carboxylic acid groups (broad SMARTS) is 1. The number of aliphatic carboxylic acids is 1. The maximum Gasteiger partial charge on any atom is 0.309 e. The number of nitrogens with zero attached hydrogens (tertiary/aromatic N) is 1. The van der Waals surface area contributed by atoms with Crippen molar-refractivity contribution in [3.05, 3.63) is 34.6 Å². The van der Waals surface area contributed by atoms with E-state index >= 15 is 0 Å². The van der Waals surface area contributed by atoms with Gasteiger partial charge in [-0.25, -0.2) is 4.39 Å². The molecule has 1 aliphatic rings. The Kier molecular flexibility index (Phi) is 3.75. The minimum absolute atomic E-state index is 0.0675. The van der Waals surface area contributed by atoms with Gasteiger partial charge in [0.05, 0.1) is 12.0 Å². The molecular formula is C13H13ClFNO3. The van der Waals surface area contributed by atoms with Crippen molar-refractivity contribution in [2.45, 2.75) is 19.4 Å². The molecule has 1 saturated heterocycles. The summed E-state index contributed by atoms with van der Waals surface area (Å²) < 4.78 is 13.4. The summed E-state index contributed by atoms with van der Waals surface area (Å²) in [4.78, 5) is 24.5. The molecular weight excluding hydrogens is 273 g/mol. The lowest BCUT2D eigenvalue weighted by molar-refractivity contribution is -0.142. The average molecular weight is 286 g/mol.